The van der Waals surface area contributed by atoms with Gasteiger partial charge in [-0.15, -0.1) is 11.3 Å². The third-order valence-electron chi connectivity index (χ3n) is 2.28. The maximum atomic E-state index is 5.63. The van der Waals surface area contributed by atoms with Crippen molar-refractivity contribution in [3.05, 3.63) is 11.1 Å². The molecule has 0 radical (unpaired) electrons. The Morgan fingerprint density at radius 2 is 2.58 bits per heavy atom. The first-order valence-corrected chi connectivity index (χ1v) is 4.94. The van der Waals surface area contributed by atoms with E-state index in [0.29, 0.717) is 5.13 Å². The van der Waals surface area contributed by atoms with Crippen LogP contribution < -0.4 is 5.73 Å². The average molecular weight is 184 g/mol. The summed E-state index contributed by atoms with van der Waals surface area (Å²) in [6.07, 6.45) is 2.17. The summed E-state index contributed by atoms with van der Waals surface area (Å²) in [6.45, 7) is 2.92. The lowest BCUT2D eigenvalue weighted by Gasteiger charge is -2.19. The number of aromatic nitrogens is 1. The summed E-state index contributed by atoms with van der Waals surface area (Å²) in [5.74, 6) is 0. The van der Waals surface area contributed by atoms with Gasteiger partial charge in [0.1, 0.15) is 5.60 Å². The maximum Gasteiger partial charge on any atom is 0.180 e. The third kappa shape index (κ3) is 1.21. The number of nitrogens with zero attached hydrogens (tertiary/aromatic N) is 1. The Bertz CT molecular complexity index is 278. The van der Waals surface area contributed by atoms with Crippen molar-refractivity contribution in [3.8, 4) is 0 Å². The quantitative estimate of drug-likeness (QED) is 0.723. The topological polar surface area (TPSA) is 48.1 Å². The van der Waals surface area contributed by atoms with Crippen LogP contribution in [0.15, 0.2) is 5.38 Å². The molecule has 1 saturated heterocycles. The summed E-state index contributed by atoms with van der Waals surface area (Å²) >= 11 is 1.48. The molecule has 0 aromatic carbocycles. The molecule has 4 heteroatoms. The summed E-state index contributed by atoms with van der Waals surface area (Å²) in [7, 11) is 0. The molecule has 1 unspecified atom stereocenters. The molecule has 1 aromatic rings. The zero-order valence-electron chi connectivity index (χ0n) is 7.04. The smallest absolute Gasteiger partial charge is 0.180 e. The van der Waals surface area contributed by atoms with Crippen molar-refractivity contribution in [3.63, 3.8) is 0 Å². The molecule has 0 aliphatic carbocycles. The predicted molar refractivity (Wildman–Crippen MR) is 49.1 cm³/mol. The van der Waals surface area contributed by atoms with Crippen LogP contribution in [0.1, 0.15) is 25.5 Å². The Kier molecular flexibility index (Phi) is 1.81. The van der Waals surface area contributed by atoms with E-state index in [-0.39, 0.29) is 5.60 Å². The van der Waals surface area contributed by atoms with Crippen molar-refractivity contribution in [2.75, 3.05) is 12.3 Å². The molecule has 0 amide bonds. The van der Waals surface area contributed by atoms with Crippen molar-refractivity contribution in [1.29, 1.82) is 0 Å². The first-order chi connectivity index (χ1) is 5.71. The Balaban J connectivity index is 2.28. The van der Waals surface area contributed by atoms with E-state index in [0.717, 1.165) is 25.1 Å². The van der Waals surface area contributed by atoms with Gasteiger partial charge in [0.2, 0.25) is 0 Å². The van der Waals surface area contributed by atoms with Gasteiger partial charge >= 0.3 is 0 Å². The van der Waals surface area contributed by atoms with Gasteiger partial charge in [-0.05, 0) is 19.8 Å². The van der Waals surface area contributed by atoms with E-state index in [9.17, 15) is 0 Å². The molecular formula is C8H12N2OS. The van der Waals surface area contributed by atoms with Crippen molar-refractivity contribution < 1.29 is 4.74 Å². The largest absolute Gasteiger partial charge is 0.375 e. The zero-order chi connectivity index (χ0) is 8.60. The van der Waals surface area contributed by atoms with Crippen LogP contribution in [0.4, 0.5) is 5.13 Å². The van der Waals surface area contributed by atoms with E-state index in [1.807, 2.05) is 5.38 Å². The number of ether oxygens (including phenoxy) is 1. The molecule has 1 fully saturated rings. The van der Waals surface area contributed by atoms with Crippen LogP contribution in [0.5, 0.6) is 0 Å². The highest BCUT2D eigenvalue weighted by molar-refractivity contribution is 7.13. The first kappa shape index (κ1) is 8.01. The second-order valence-electron chi connectivity index (χ2n) is 3.25. The molecule has 1 atom stereocenters. The molecule has 0 spiro atoms. The van der Waals surface area contributed by atoms with E-state index in [1.54, 1.807) is 0 Å². The molecule has 12 heavy (non-hydrogen) atoms. The van der Waals surface area contributed by atoms with Gasteiger partial charge in [0.05, 0.1) is 5.69 Å². The van der Waals surface area contributed by atoms with Gasteiger partial charge in [-0.1, -0.05) is 0 Å². The minimum Gasteiger partial charge on any atom is -0.375 e. The van der Waals surface area contributed by atoms with Crippen LogP contribution in [0.3, 0.4) is 0 Å². The van der Waals surface area contributed by atoms with Crippen LogP contribution >= 0.6 is 11.3 Å². The average Bonchev–Trinajstić information content (AvgIpc) is 2.59. The highest BCUT2D eigenvalue weighted by Crippen LogP contribution is 2.36. The van der Waals surface area contributed by atoms with Gasteiger partial charge in [-0.3, -0.25) is 0 Å². The molecule has 1 aliphatic heterocycles. The molecule has 66 valence electrons. The molecule has 3 nitrogen and oxygen atoms in total. The van der Waals surface area contributed by atoms with E-state index in [2.05, 4.69) is 11.9 Å². The van der Waals surface area contributed by atoms with Gasteiger partial charge in [0.15, 0.2) is 5.13 Å². The van der Waals surface area contributed by atoms with Crippen molar-refractivity contribution in [2.24, 2.45) is 0 Å². The zero-order valence-corrected chi connectivity index (χ0v) is 7.86. The fourth-order valence-electron chi connectivity index (χ4n) is 1.51. The van der Waals surface area contributed by atoms with Crippen LogP contribution in [-0.2, 0) is 10.3 Å². The molecule has 1 aromatic heterocycles. The highest BCUT2D eigenvalue weighted by atomic mass is 32.1. The minimum absolute atomic E-state index is 0.172. The van der Waals surface area contributed by atoms with Crippen LogP contribution in [0.2, 0.25) is 0 Å². The summed E-state index contributed by atoms with van der Waals surface area (Å²) < 4.78 is 5.63. The van der Waals surface area contributed by atoms with Crippen molar-refractivity contribution in [2.45, 2.75) is 25.4 Å². The number of hydrogen-bond donors (Lipinski definition) is 1. The molecule has 0 saturated carbocycles. The Hall–Kier alpha value is -0.610. The Labute approximate surface area is 75.6 Å². The molecule has 1 aliphatic rings. The van der Waals surface area contributed by atoms with Crippen LogP contribution in [0, 0.1) is 0 Å². The van der Waals surface area contributed by atoms with Gasteiger partial charge in [0, 0.05) is 12.0 Å². The lowest BCUT2D eigenvalue weighted by atomic mass is 10.00. The highest BCUT2D eigenvalue weighted by Gasteiger charge is 2.33. The molecule has 2 rings (SSSR count). The number of thiazole rings is 1. The summed E-state index contributed by atoms with van der Waals surface area (Å²) in [6, 6.07) is 0. The van der Waals surface area contributed by atoms with Gasteiger partial charge in [-0.2, -0.15) is 0 Å². The van der Waals surface area contributed by atoms with Gasteiger partial charge < -0.3 is 10.5 Å². The van der Waals surface area contributed by atoms with Gasteiger partial charge in [-0.25, -0.2) is 4.98 Å². The van der Waals surface area contributed by atoms with E-state index >= 15 is 0 Å². The lowest BCUT2D eigenvalue weighted by Crippen LogP contribution is -2.20. The Morgan fingerprint density at radius 1 is 1.75 bits per heavy atom. The fourth-order valence-corrected chi connectivity index (χ4v) is 2.20. The summed E-state index contributed by atoms with van der Waals surface area (Å²) in [4.78, 5) is 4.24. The number of hydrogen-bond acceptors (Lipinski definition) is 4. The number of rotatable bonds is 1. The molecular weight excluding hydrogens is 172 g/mol. The van der Waals surface area contributed by atoms with Crippen LogP contribution in [-0.4, -0.2) is 11.6 Å². The van der Waals surface area contributed by atoms with Crippen LogP contribution in [0.25, 0.3) is 0 Å². The monoisotopic (exact) mass is 184 g/mol. The second kappa shape index (κ2) is 2.71. The van der Waals surface area contributed by atoms with E-state index in [4.69, 9.17) is 10.5 Å². The summed E-state index contributed by atoms with van der Waals surface area (Å²) in [5.41, 5.74) is 6.37. The fraction of sp³-hybridized carbons (Fsp3) is 0.625. The maximum absolute atomic E-state index is 5.63. The molecule has 0 bridgehead atoms. The Morgan fingerprint density at radius 3 is 3.08 bits per heavy atom. The van der Waals surface area contributed by atoms with Crippen molar-refractivity contribution >= 4 is 16.5 Å². The normalized spacial score (nSPS) is 29.4. The predicted octanol–water partition coefficient (Wildman–Crippen LogP) is 1.75. The second-order valence-corrected chi connectivity index (χ2v) is 4.14. The molecule has 2 N–H and O–H groups in total. The standard InChI is InChI=1S/C8H12N2OS/c1-8(3-2-4-11-8)6-5-12-7(9)10-6/h5H,2-4H2,1H3,(H2,9,10). The first-order valence-electron chi connectivity index (χ1n) is 4.06. The van der Waals surface area contributed by atoms with Crippen molar-refractivity contribution in [1.82, 2.24) is 4.98 Å². The van der Waals surface area contributed by atoms with E-state index < -0.39 is 0 Å². The number of anilines is 1. The minimum atomic E-state index is -0.172. The summed E-state index contributed by atoms with van der Waals surface area (Å²) in [5, 5.41) is 2.61. The van der Waals surface area contributed by atoms with Gasteiger partial charge in [0.25, 0.3) is 0 Å². The van der Waals surface area contributed by atoms with E-state index in [1.165, 1.54) is 11.3 Å². The SMILES string of the molecule is CC1(c2csc(N)n2)CCCO1. The molecule has 2 heterocycles. The third-order valence-corrected chi connectivity index (χ3v) is 2.96. The number of nitrogen functional groups attached to an aromatic ring is 1. The number of nitrogens with two attached hydrogens (primary N) is 1. The lowest BCUT2D eigenvalue weighted by molar-refractivity contribution is 0.0138.